The van der Waals surface area contributed by atoms with Gasteiger partial charge < -0.3 is 10.5 Å². The molecule has 0 radical (unpaired) electrons. The second-order valence-electron chi connectivity index (χ2n) is 5.42. The molecule has 0 bridgehead atoms. The van der Waals surface area contributed by atoms with Crippen LogP contribution in [0.5, 0.6) is 0 Å². The largest absolute Gasteiger partial charge is 0.449 e. The molecule has 2 unspecified atom stereocenters. The van der Waals surface area contributed by atoms with Crippen LogP contribution in [0.15, 0.2) is 18.2 Å². The highest BCUT2D eigenvalue weighted by atomic mass is 35.5. The molecule has 21 heavy (non-hydrogen) atoms. The Labute approximate surface area is 134 Å². The fraction of sp³-hybridized carbons (Fsp3) is 0.533. The maximum absolute atomic E-state index is 11.8. The third-order valence-electron chi connectivity index (χ3n) is 3.91. The minimum absolute atomic E-state index is 0.359. The number of nitrogens with two attached hydrogens (primary N) is 1. The van der Waals surface area contributed by atoms with Crippen LogP contribution in [0.3, 0.4) is 0 Å². The molecular weight excluding hydrogens is 311 g/mol. The third kappa shape index (κ3) is 5.06. The molecule has 1 aromatic rings. The molecule has 0 aliphatic heterocycles. The molecule has 3 N–H and O–H groups in total. The van der Waals surface area contributed by atoms with Crippen LogP contribution >= 0.6 is 23.2 Å². The van der Waals surface area contributed by atoms with Crippen molar-refractivity contribution in [2.24, 2.45) is 17.6 Å². The molecule has 1 fully saturated rings. The Bertz CT molecular complexity index is 476. The van der Waals surface area contributed by atoms with Crippen LogP contribution in [0.25, 0.3) is 0 Å². The lowest BCUT2D eigenvalue weighted by Crippen LogP contribution is -2.31. The van der Waals surface area contributed by atoms with E-state index in [1.165, 1.54) is 12.8 Å². The number of halogens is 2. The molecule has 6 heteroatoms. The zero-order chi connectivity index (χ0) is 15.2. The van der Waals surface area contributed by atoms with Crippen molar-refractivity contribution in [1.82, 2.24) is 0 Å². The molecule has 1 aromatic carbocycles. The summed E-state index contributed by atoms with van der Waals surface area (Å²) in [7, 11) is 0. The van der Waals surface area contributed by atoms with Crippen molar-refractivity contribution in [2.75, 3.05) is 18.5 Å². The van der Waals surface area contributed by atoms with Crippen molar-refractivity contribution in [3.8, 4) is 0 Å². The number of rotatable bonds is 4. The SMILES string of the molecule is NCC1CCCCC1COC(=O)Nc1cc(Cl)cc(Cl)c1. The molecule has 1 aliphatic rings. The van der Waals surface area contributed by atoms with Gasteiger partial charge in [-0.2, -0.15) is 0 Å². The highest BCUT2D eigenvalue weighted by molar-refractivity contribution is 6.35. The average molecular weight is 331 g/mol. The first kappa shape index (κ1) is 16.4. The van der Waals surface area contributed by atoms with Crippen molar-refractivity contribution in [1.29, 1.82) is 0 Å². The summed E-state index contributed by atoms with van der Waals surface area (Å²) in [6.45, 7) is 1.06. The molecule has 0 spiro atoms. The Morgan fingerprint density at radius 3 is 2.43 bits per heavy atom. The lowest BCUT2D eigenvalue weighted by Gasteiger charge is -2.30. The molecule has 1 saturated carbocycles. The van der Waals surface area contributed by atoms with E-state index < -0.39 is 6.09 Å². The molecule has 0 heterocycles. The van der Waals surface area contributed by atoms with Crippen LogP contribution in [-0.2, 0) is 4.74 Å². The second-order valence-corrected chi connectivity index (χ2v) is 6.29. The smallest absolute Gasteiger partial charge is 0.411 e. The summed E-state index contributed by atoms with van der Waals surface area (Å²) in [5.41, 5.74) is 6.30. The predicted octanol–water partition coefficient (Wildman–Crippen LogP) is 4.31. The Morgan fingerprint density at radius 2 is 1.81 bits per heavy atom. The van der Waals surface area contributed by atoms with E-state index in [0.717, 1.165) is 12.8 Å². The van der Waals surface area contributed by atoms with Crippen LogP contribution in [-0.4, -0.2) is 19.2 Å². The maximum atomic E-state index is 11.8. The standard InChI is InChI=1S/C15H20Cl2N2O2/c16-12-5-13(17)7-14(6-12)19-15(20)21-9-11-4-2-1-3-10(11)8-18/h5-7,10-11H,1-4,8-9,18H2,(H,19,20). The van der Waals surface area contributed by atoms with Crippen LogP contribution in [0.2, 0.25) is 10.0 Å². The van der Waals surface area contributed by atoms with Gasteiger partial charge >= 0.3 is 6.09 Å². The fourth-order valence-electron chi connectivity index (χ4n) is 2.78. The summed E-state index contributed by atoms with van der Waals surface area (Å²) < 4.78 is 5.31. The number of carbonyl (C=O) groups is 1. The number of hydrogen-bond donors (Lipinski definition) is 2. The average Bonchev–Trinajstić information content (AvgIpc) is 2.44. The zero-order valence-electron chi connectivity index (χ0n) is 11.8. The van der Waals surface area contributed by atoms with Gasteiger partial charge in [-0.3, -0.25) is 5.32 Å². The van der Waals surface area contributed by atoms with Crippen molar-refractivity contribution in [3.63, 3.8) is 0 Å². The van der Waals surface area contributed by atoms with Gasteiger partial charge in [0.1, 0.15) is 0 Å². The predicted molar refractivity (Wildman–Crippen MR) is 85.9 cm³/mol. The lowest BCUT2D eigenvalue weighted by atomic mass is 9.80. The molecular formula is C15H20Cl2N2O2. The molecule has 2 atom stereocenters. The van der Waals surface area contributed by atoms with Gasteiger partial charge in [-0.15, -0.1) is 0 Å². The van der Waals surface area contributed by atoms with Crippen molar-refractivity contribution in [3.05, 3.63) is 28.2 Å². The zero-order valence-corrected chi connectivity index (χ0v) is 13.3. The van der Waals surface area contributed by atoms with Gasteiger partial charge in [0.15, 0.2) is 0 Å². The Kier molecular flexibility index (Phi) is 6.15. The van der Waals surface area contributed by atoms with Crippen LogP contribution in [0, 0.1) is 11.8 Å². The highest BCUT2D eigenvalue weighted by Gasteiger charge is 2.25. The maximum Gasteiger partial charge on any atom is 0.411 e. The molecule has 116 valence electrons. The highest BCUT2D eigenvalue weighted by Crippen LogP contribution is 2.29. The molecule has 0 aromatic heterocycles. The van der Waals surface area contributed by atoms with E-state index in [0.29, 0.717) is 40.7 Å². The Morgan fingerprint density at radius 1 is 1.19 bits per heavy atom. The van der Waals surface area contributed by atoms with Crippen molar-refractivity contribution >= 4 is 35.0 Å². The lowest BCUT2D eigenvalue weighted by molar-refractivity contribution is 0.104. The van der Waals surface area contributed by atoms with E-state index >= 15 is 0 Å². The number of anilines is 1. The van der Waals surface area contributed by atoms with Crippen LogP contribution in [0.4, 0.5) is 10.5 Å². The summed E-state index contributed by atoms with van der Waals surface area (Å²) in [4.78, 5) is 11.8. The van der Waals surface area contributed by atoms with Crippen LogP contribution in [0.1, 0.15) is 25.7 Å². The summed E-state index contributed by atoms with van der Waals surface area (Å²) >= 11 is 11.8. The molecule has 1 amide bonds. The number of carbonyl (C=O) groups excluding carboxylic acids is 1. The van der Waals surface area contributed by atoms with Crippen LogP contribution < -0.4 is 11.1 Å². The number of hydrogen-bond acceptors (Lipinski definition) is 3. The normalized spacial score (nSPS) is 21.9. The van der Waals surface area contributed by atoms with E-state index in [-0.39, 0.29) is 0 Å². The van der Waals surface area contributed by atoms with Gasteiger partial charge in [0.05, 0.1) is 6.61 Å². The minimum Gasteiger partial charge on any atom is -0.449 e. The van der Waals surface area contributed by atoms with E-state index in [9.17, 15) is 4.79 Å². The van der Waals surface area contributed by atoms with E-state index in [1.54, 1.807) is 18.2 Å². The summed E-state index contributed by atoms with van der Waals surface area (Å²) in [5, 5.41) is 3.57. The van der Waals surface area contributed by atoms with Crippen molar-refractivity contribution < 1.29 is 9.53 Å². The number of benzene rings is 1. The quantitative estimate of drug-likeness (QED) is 0.864. The molecule has 0 saturated heterocycles. The van der Waals surface area contributed by atoms with Gasteiger partial charge in [-0.1, -0.05) is 36.0 Å². The van der Waals surface area contributed by atoms with Crippen molar-refractivity contribution in [2.45, 2.75) is 25.7 Å². The molecule has 4 nitrogen and oxygen atoms in total. The number of nitrogens with one attached hydrogen (secondary N) is 1. The third-order valence-corrected chi connectivity index (χ3v) is 4.34. The number of amides is 1. The first-order valence-electron chi connectivity index (χ1n) is 7.18. The first-order chi connectivity index (χ1) is 10.1. The summed E-state index contributed by atoms with van der Waals surface area (Å²) in [5.74, 6) is 0.810. The van der Waals surface area contributed by atoms with Gasteiger partial charge in [0, 0.05) is 15.7 Å². The summed E-state index contributed by atoms with van der Waals surface area (Å²) in [6, 6.07) is 4.85. The monoisotopic (exact) mass is 330 g/mol. The van der Waals surface area contributed by atoms with E-state index in [1.807, 2.05) is 0 Å². The molecule has 1 aliphatic carbocycles. The topological polar surface area (TPSA) is 64.3 Å². The second kappa shape index (κ2) is 7.87. The number of ether oxygens (including phenoxy) is 1. The van der Waals surface area contributed by atoms with Gasteiger partial charge in [0.25, 0.3) is 0 Å². The van der Waals surface area contributed by atoms with Gasteiger partial charge in [-0.05, 0) is 49.4 Å². The van der Waals surface area contributed by atoms with Gasteiger partial charge in [-0.25, -0.2) is 4.79 Å². The van der Waals surface area contributed by atoms with Gasteiger partial charge in [0.2, 0.25) is 0 Å². The van der Waals surface area contributed by atoms with E-state index in [4.69, 9.17) is 33.7 Å². The Hall–Kier alpha value is -0.970. The summed E-state index contributed by atoms with van der Waals surface area (Å²) in [6.07, 6.45) is 4.09. The fourth-order valence-corrected chi connectivity index (χ4v) is 3.30. The Balaban J connectivity index is 1.84. The van der Waals surface area contributed by atoms with E-state index in [2.05, 4.69) is 5.32 Å². The first-order valence-corrected chi connectivity index (χ1v) is 7.94. The minimum atomic E-state index is -0.491. The molecule has 2 rings (SSSR count).